The van der Waals surface area contributed by atoms with Crippen LogP contribution in [0.4, 0.5) is 5.69 Å². The number of Topliss-reactive ketones (excluding diaryl/α,β-unsaturated/α-hetero) is 1. The average Bonchev–Trinajstić information content (AvgIpc) is 3.57. The summed E-state index contributed by atoms with van der Waals surface area (Å²) in [6.07, 6.45) is 4.77. The van der Waals surface area contributed by atoms with Crippen LogP contribution in [0, 0.1) is 0 Å². The van der Waals surface area contributed by atoms with Gasteiger partial charge in [0.1, 0.15) is 5.82 Å². The second-order valence-corrected chi connectivity index (χ2v) is 8.38. The molecule has 2 fully saturated rings. The molecule has 2 aromatic rings. The first-order valence-corrected chi connectivity index (χ1v) is 10.2. The number of anilines is 1. The molecule has 2 heterocycles. The Morgan fingerprint density at radius 3 is 2.81 bits per heavy atom. The SMILES string of the molecule is C[C@H]1C(=O)Nc2ccc(C(=O)CSc3nnc(C4CC4)n3C3CC3)cc21. The molecule has 6 nitrogen and oxygen atoms in total. The van der Waals surface area contributed by atoms with Gasteiger partial charge in [-0.2, -0.15) is 0 Å². The number of amides is 1. The van der Waals surface area contributed by atoms with Crippen LogP contribution in [-0.4, -0.2) is 32.2 Å². The molecule has 1 amide bonds. The Labute approximate surface area is 155 Å². The van der Waals surface area contributed by atoms with Crippen molar-refractivity contribution >= 4 is 29.1 Å². The smallest absolute Gasteiger partial charge is 0.231 e. The van der Waals surface area contributed by atoms with Crippen molar-refractivity contribution in [1.82, 2.24) is 14.8 Å². The van der Waals surface area contributed by atoms with E-state index in [-0.39, 0.29) is 17.6 Å². The Kier molecular flexibility index (Phi) is 3.67. The van der Waals surface area contributed by atoms with Gasteiger partial charge in [-0.3, -0.25) is 9.59 Å². The lowest BCUT2D eigenvalue weighted by Gasteiger charge is -2.08. The van der Waals surface area contributed by atoms with Gasteiger partial charge in [-0.1, -0.05) is 11.8 Å². The number of hydrogen-bond acceptors (Lipinski definition) is 5. The predicted molar refractivity (Wildman–Crippen MR) is 98.8 cm³/mol. The number of nitrogens with zero attached hydrogens (tertiary/aromatic N) is 3. The first-order valence-electron chi connectivity index (χ1n) is 9.17. The number of rotatable bonds is 6. The van der Waals surface area contributed by atoms with Crippen LogP contribution >= 0.6 is 11.8 Å². The second-order valence-electron chi connectivity index (χ2n) is 7.44. The van der Waals surface area contributed by atoms with Crippen molar-refractivity contribution in [2.45, 2.75) is 55.6 Å². The highest BCUT2D eigenvalue weighted by Crippen LogP contribution is 2.46. The van der Waals surface area contributed by atoms with Crippen LogP contribution in [0.15, 0.2) is 23.4 Å². The summed E-state index contributed by atoms with van der Waals surface area (Å²) >= 11 is 1.48. The maximum absolute atomic E-state index is 12.7. The number of carbonyl (C=O) groups excluding carboxylic acids is 2. The zero-order valence-electron chi connectivity index (χ0n) is 14.6. The van der Waals surface area contributed by atoms with Crippen molar-refractivity contribution in [3.8, 4) is 0 Å². The zero-order chi connectivity index (χ0) is 17.8. The minimum atomic E-state index is -0.204. The van der Waals surface area contributed by atoms with Gasteiger partial charge < -0.3 is 9.88 Å². The molecule has 1 aliphatic heterocycles. The summed E-state index contributed by atoms with van der Waals surface area (Å²) in [7, 11) is 0. The highest BCUT2D eigenvalue weighted by molar-refractivity contribution is 7.99. The molecule has 1 aromatic carbocycles. The topological polar surface area (TPSA) is 76.9 Å². The number of hydrogen-bond donors (Lipinski definition) is 1. The first kappa shape index (κ1) is 16.1. The zero-order valence-corrected chi connectivity index (χ0v) is 15.4. The highest BCUT2D eigenvalue weighted by atomic mass is 32.2. The monoisotopic (exact) mass is 368 g/mol. The number of carbonyl (C=O) groups is 2. The normalized spacial score (nSPS) is 21.6. The molecular weight excluding hydrogens is 348 g/mol. The Balaban J connectivity index is 1.32. The molecule has 0 bridgehead atoms. The van der Waals surface area contributed by atoms with Crippen LogP contribution in [0.1, 0.15) is 72.2 Å². The molecule has 0 radical (unpaired) electrons. The van der Waals surface area contributed by atoms with Crippen molar-refractivity contribution in [3.63, 3.8) is 0 Å². The summed E-state index contributed by atoms with van der Waals surface area (Å²) in [5, 5.41) is 12.5. The first-order chi connectivity index (χ1) is 12.6. The molecular formula is C19H20N4O2S. The third kappa shape index (κ3) is 2.74. The third-order valence-corrected chi connectivity index (χ3v) is 6.31. The van der Waals surface area contributed by atoms with Crippen LogP contribution in [-0.2, 0) is 4.79 Å². The van der Waals surface area contributed by atoms with Crippen molar-refractivity contribution in [3.05, 3.63) is 35.2 Å². The van der Waals surface area contributed by atoms with E-state index in [2.05, 4.69) is 20.1 Å². The molecule has 1 atom stereocenters. The van der Waals surface area contributed by atoms with Gasteiger partial charge in [0.05, 0.1) is 11.7 Å². The van der Waals surface area contributed by atoms with E-state index in [1.165, 1.54) is 37.4 Å². The summed E-state index contributed by atoms with van der Waals surface area (Å²) in [6, 6.07) is 5.99. The summed E-state index contributed by atoms with van der Waals surface area (Å²) in [5.41, 5.74) is 2.37. The summed E-state index contributed by atoms with van der Waals surface area (Å²) in [6.45, 7) is 1.86. The molecule has 1 N–H and O–H groups in total. The Morgan fingerprint density at radius 1 is 1.27 bits per heavy atom. The maximum Gasteiger partial charge on any atom is 0.231 e. The molecule has 5 rings (SSSR count). The fraction of sp³-hybridized carbons (Fsp3) is 0.474. The van der Waals surface area contributed by atoms with Gasteiger partial charge in [-0.05, 0) is 56.4 Å². The molecule has 0 unspecified atom stereocenters. The third-order valence-electron chi connectivity index (χ3n) is 5.37. The second kappa shape index (κ2) is 5.94. The maximum atomic E-state index is 12.7. The van der Waals surface area contributed by atoms with Crippen LogP contribution in [0.25, 0.3) is 0 Å². The van der Waals surface area contributed by atoms with E-state index in [1.54, 1.807) is 6.07 Å². The molecule has 26 heavy (non-hydrogen) atoms. The summed E-state index contributed by atoms with van der Waals surface area (Å²) < 4.78 is 2.27. The van der Waals surface area contributed by atoms with Crippen LogP contribution < -0.4 is 5.32 Å². The fourth-order valence-electron chi connectivity index (χ4n) is 3.49. The number of aromatic nitrogens is 3. The van der Waals surface area contributed by atoms with Gasteiger partial charge in [-0.25, -0.2) is 0 Å². The number of thioether (sulfide) groups is 1. The fourth-order valence-corrected chi connectivity index (χ4v) is 4.39. The number of nitrogens with one attached hydrogen (secondary N) is 1. The van der Waals surface area contributed by atoms with E-state index in [0.29, 0.717) is 23.3 Å². The predicted octanol–water partition coefficient (Wildman–Crippen LogP) is 3.52. The summed E-state index contributed by atoms with van der Waals surface area (Å²) in [4.78, 5) is 24.4. The van der Waals surface area contributed by atoms with Crippen molar-refractivity contribution in [2.24, 2.45) is 0 Å². The molecule has 2 saturated carbocycles. The standard InChI is InChI=1S/C19H20N4O2S/c1-10-14-8-12(4-7-15(14)20-18(10)25)16(24)9-26-19-22-21-17(11-2-3-11)23(19)13-5-6-13/h4,7-8,10-11,13H,2-3,5-6,9H2,1H3,(H,20,25)/t10-/m1/s1. The number of ketones is 1. The Morgan fingerprint density at radius 2 is 2.08 bits per heavy atom. The number of fused-ring (bicyclic) bond motifs is 1. The van der Waals surface area contributed by atoms with E-state index in [9.17, 15) is 9.59 Å². The van der Waals surface area contributed by atoms with Crippen molar-refractivity contribution in [1.29, 1.82) is 0 Å². The lowest BCUT2D eigenvalue weighted by Crippen LogP contribution is -2.08. The molecule has 134 valence electrons. The van der Waals surface area contributed by atoms with Gasteiger partial charge in [-0.15, -0.1) is 10.2 Å². The minimum Gasteiger partial charge on any atom is -0.325 e. The van der Waals surface area contributed by atoms with E-state index >= 15 is 0 Å². The average molecular weight is 368 g/mol. The van der Waals surface area contributed by atoms with E-state index in [0.717, 1.165) is 22.2 Å². The van der Waals surface area contributed by atoms with Crippen molar-refractivity contribution in [2.75, 3.05) is 11.1 Å². The number of benzene rings is 1. The summed E-state index contributed by atoms with van der Waals surface area (Å²) in [5.74, 6) is 1.86. The molecule has 7 heteroatoms. The lowest BCUT2D eigenvalue weighted by molar-refractivity contribution is -0.116. The lowest BCUT2D eigenvalue weighted by atomic mass is 9.99. The quantitative estimate of drug-likeness (QED) is 0.623. The van der Waals surface area contributed by atoms with Crippen LogP contribution in [0.2, 0.25) is 0 Å². The van der Waals surface area contributed by atoms with Crippen molar-refractivity contribution < 1.29 is 9.59 Å². The van der Waals surface area contributed by atoms with Crippen LogP contribution in [0.3, 0.4) is 0 Å². The van der Waals surface area contributed by atoms with Gasteiger partial charge in [0.25, 0.3) is 0 Å². The molecule has 3 aliphatic rings. The van der Waals surface area contributed by atoms with Gasteiger partial charge in [0.15, 0.2) is 10.9 Å². The largest absolute Gasteiger partial charge is 0.325 e. The van der Waals surface area contributed by atoms with E-state index in [4.69, 9.17) is 0 Å². The van der Waals surface area contributed by atoms with Gasteiger partial charge in [0, 0.05) is 23.2 Å². The molecule has 0 spiro atoms. The molecule has 2 aliphatic carbocycles. The minimum absolute atomic E-state index is 0.0101. The Hall–Kier alpha value is -2.15. The highest BCUT2D eigenvalue weighted by Gasteiger charge is 2.36. The molecule has 0 saturated heterocycles. The van der Waals surface area contributed by atoms with E-state index in [1.807, 2.05) is 19.1 Å². The van der Waals surface area contributed by atoms with Crippen LogP contribution in [0.5, 0.6) is 0 Å². The molecule has 1 aromatic heterocycles. The Bertz CT molecular complexity index is 914. The van der Waals surface area contributed by atoms with E-state index < -0.39 is 0 Å². The van der Waals surface area contributed by atoms with Gasteiger partial charge >= 0.3 is 0 Å². The van der Waals surface area contributed by atoms with Gasteiger partial charge in [0.2, 0.25) is 5.91 Å².